The van der Waals surface area contributed by atoms with Gasteiger partial charge in [-0.15, -0.1) is 0 Å². The molecule has 37 atom stereocenters. The number of ether oxygens (including phenoxy) is 12. The van der Waals surface area contributed by atoms with E-state index in [0.717, 1.165) is 12.0 Å². The number of allylic oxidation sites excluding steroid dienone is 2. The highest BCUT2D eigenvalue weighted by molar-refractivity contribution is 7.80. The molecule has 4 aliphatic carbocycles. The highest BCUT2D eigenvalue weighted by atomic mass is 32.3. The molecule has 3 saturated carbocycles. The molecule has 32 nitrogen and oxygen atoms in total. The lowest BCUT2D eigenvalue weighted by Crippen LogP contribution is -2.67. The number of carbonyl (C=O) groups excluding carboxylic acids is 1. The number of hydrogen-bond acceptors (Lipinski definition) is 31. The molecule has 89 heavy (non-hydrogen) atoms. The molecule has 0 aromatic rings. The number of Topliss-reactive ketones (excluding diaryl/α,β-unsaturated/α-hetero) is 1. The second kappa shape index (κ2) is 27.4. The molecule has 0 radical (unpaired) electrons. The predicted molar refractivity (Wildman–Crippen MR) is 289 cm³/mol. The van der Waals surface area contributed by atoms with Gasteiger partial charge in [-0.2, -0.15) is 8.42 Å². The Kier molecular flexibility index (Phi) is 21.5. The number of aliphatic hydroxyl groups is 15. The number of rotatable bonds is 17. The van der Waals surface area contributed by atoms with Crippen molar-refractivity contribution in [3.8, 4) is 0 Å². The van der Waals surface area contributed by atoms with Gasteiger partial charge in [0.25, 0.3) is 0 Å². The second-order valence-electron chi connectivity index (χ2n) is 26.4. The van der Waals surface area contributed by atoms with Crippen LogP contribution in [0.4, 0.5) is 0 Å². The van der Waals surface area contributed by atoms with Crippen molar-refractivity contribution in [1.82, 2.24) is 0 Å². The quantitative estimate of drug-likeness (QED) is 0.0476. The minimum Gasteiger partial charge on any atom is -0.394 e. The van der Waals surface area contributed by atoms with Gasteiger partial charge in [-0.3, -0.25) is 9.35 Å². The fourth-order valence-electron chi connectivity index (χ4n) is 15.8. The summed E-state index contributed by atoms with van der Waals surface area (Å²) in [6.45, 7) is 7.42. The number of fused-ring (bicyclic) bond motifs is 5. The number of carbonyl (C=O) groups is 1. The van der Waals surface area contributed by atoms with Crippen LogP contribution in [-0.4, -0.2) is 306 Å². The van der Waals surface area contributed by atoms with Crippen molar-refractivity contribution in [2.75, 3.05) is 19.8 Å². The summed E-state index contributed by atoms with van der Waals surface area (Å²) in [5.74, 6) is -0.640. The van der Waals surface area contributed by atoms with Gasteiger partial charge in [0.1, 0.15) is 128 Å². The van der Waals surface area contributed by atoms with Crippen molar-refractivity contribution in [3.05, 3.63) is 11.6 Å². The first-order chi connectivity index (χ1) is 41.8. The average molecular weight is 1310 g/mol. The highest BCUT2D eigenvalue weighted by Gasteiger charge is 2.63. The van der Waals surface area contributed by atoms with E-state index in [1.54, 1.807) is 6.92 Å². The molecule has 0 spiro atoms. The molecule has 0 unspecified atom stereocenters. The van der Waals surface area contributed by atoms with Gasteiger partial charge in [-0.1, -0.05) is 25.5 Å². The first-order valence-electron chi connectivity index (χ1n) is 30.6. The Balaban J connectivity index is 0.901. The van der Waals surface area contributed by atoms with Crippen molar-refractivity contribution in [1.29, 1.82) is 0 Å². The smallest absolute Gasteiger partial charge is 0.394 e. The Morgan fingerprint density at radius 1 is 0.528 bits per heavy atom. The molecule has 0 aromatic heterocycles. The minimum absolute atomic E-state index is 0.0527. The Morgan fingerprint density at radius 2 is 1.01 bits per heavy atom. The standard InChI is InChI=1S/C56H90O32S/c1-18(59)24-7-8-25-23-14-28(27-13-22(88-89(73,74)75)9-11-56(27,6)26(23)10-12-55(24,25)5)80-51-43(71)46(34(62)20(3)78-51)85-53-47(86-49-41(69)38(66)32(60)19(2)77-49)37(65)31(17-76-53)83-54-48(40(68)36(64)30(16-58)82-54)87-52-44(72)45(33(61)21(4)79-52)84-50-42(70)39(67)35(63)29(15-57)81-50/h10,19-25,27-54,57-58,60-72H,7-9,11-17H2,1-6H3,(H,73,74,75)/t19-,20-,21-,22+,23+,24-,25+,27-,28+,29-,30-,31-,32-,33-,34-,35+,36+,37+,38+,39+,40+,41-,42-,43-,44-,45+,46+,47-,48+,49+,50+,51+,52+,53+,54+,55+,56-/m1/s1. The van der Waals surface area contributed by atoms with Gasteiger partial charge in [0, 0.05) is 5.92 Å². The van der Waals surface area contributed by atoms with E-state index in [9.17, 15) is 94.4 Å². The average Bonchev–Trinajstić information content (AvgIpc) is 1.71. The van der Waals surface area contributed by atoms with Gasteiger partial charge < -0.3 is 133 Å². The first-order valence-corrected chi connectivity index (χ1v) is 31.9. The van der Waals surface area contributed by atoms with Crippen LogP contribution in [0.1, 0.15) is 86.5 Å². The van der Waals surface area contributed by atoms with E-state index < -0.39 is 232 Å². The van der Waals surface area contributed by atoms with Crippen molar-refractivity contribution in [2.45, 2.75) is 277 Å². The van der Waals surface area contributed by atoms with E-state index in [2.05, 4.69) is 19.9 Å². The maximum absolute atomic E-state index is 13.1. The third-order valence-electron chi connectivity index (χ3n) is 21.0. The lowest BCUT2D eigenvalue weighted by molar-refractivity contribution is -0.402. The van der Waals surface area contributed by atoms with Crippen molar-refractivity contribution >= 4 is 16.2 Å². The summed E-state index contributed by atoms with van der Waals surface area (Å²) >= 11 is 0. The molecule has 0 aromatic carbocycles. The summed E-state index contributed by atoms with van der Waals surface area (Å²) in [5, 5.41) is 166. The summed E-state index contributed by atoms with van der Waals surface area (Å²) in [5.41, 5.74) is 0.164. The molecule has 512 valence electrons. The number of aliphatic hydroxyl groups excluding tert-OH is 15. The minimum atomic E-state index is -4.88. The lowest BCUT2D eigenvalue weighted by atomic mass is 9.48. The van der Waals surface area contributed by atoms with Gasteiger partial charge in [-0.25, -0.2) is 4.18 Å². The van der Waals surface area contributed by atoms with Crippen LogP contribution < -0.4 is 0 Å². The maximum atomic E-state index is 13.1. The zero-order valence-electron chi connectivity index (χ0n) is 50.0. The molecule has 10 aliphatic rings. The topological polar surface area (TPSA) is 495 Å². The van der Waals surface area contributed by atoms with E-state index in [0.29, 0.717) is 25.7 Å². The van der Waals surface area contributed by atoms with Gasteiger partial charge in [0.2, 0.25) is 0 Å². The molecule has 0 amide bonds. The van der Waals surface area contributed by atoms with Gasteiger partial charge in [-0.05, 0) is 101 Å². The fourth-order valence-corrected chi connectivity index (χ4v) is 16.4. The molecular weight excluding hydrogens is 1220 g/mol. The molecule has 6 saturated heterocycles. The normalized spacial score (nSPS) is 53.9. The lowest BCUT2D eigenvalue weighted by Gasteiger charge is -2.59. The van der Waals surface area contributed by atoms with E-state index >= 15 is 0 Å². The van der Waals surface area contributed by atoms with Crippen LogP contribution in [0.2, 0.25) is 0 Å². The third kappa shape index (κ3) is 13.4. The van der Waals surface area contributed by atoms with Crippen molar-refractivity contribution in [2.24, 2.45) is 34.5 Å². The van der Waals surface area contributed by atoms with Crippen LogP contribution in [0.5, 0.6) is 0 Å². The monoisotopic (exact) mass is 1310 g/mol. The van der Waals surface area contributed by atoms with Crippen LogP contribution in [0.15, 0.2) is 11.6 Å². The van der Waals surface area contributed by atoms with Crippen LogP contribution in [0.25, 0.3) is 0 Å². The molecule has 0 bridgehead atoms. The van der Waals surface area contributed by atoms with Crippen LogP contribution in [0, 0.1) is 34.5 Å². The highest BCUT2D eigenvalue weighted by Crippen LogP contribution is 2.66. The van der Waals surface area contributed by atoms with Crippen molar-refractivity contribution in [3.63, 3.8) is 0 Å². The summed E-state index contributed by atoms with van der Waals surface area (Å²) in [7, 11) is -4.88. The van der Waals surface area contributed by atoms with E-state index in [4.69, 9.17) is 61.0 Å². The Labute approximate surface area is 512 Å². The van der Waals surface area contributed by atoms with E-state index in [-0.39, 0.29) is 41.8 Å². The summed E-state index contributed by atoms with van der Waals surface area (Å²) in [6.07, 6.45) is -48.1. The molecular formula is C56H90O32S. The second-order valence-corrected chi connectivity index (χ2v) is 27.5. The van der Waals surface area contributed by atoms with E-state index in [1.165, 1.54) is 20.8 Å². The maximum Gasteiger partial charge on any atom is 0.397 e. The first kappa shape index (κ1) is 70.0. The Hall–Kier alpha value is -1.80. The molecule has 10 rings (SSSR count). The summed E-state index contributed by atoms with van der Waals surface area (Å²) in [4.78, 5) is 13.1. The zero-order valence-corrected chi connectivity index (χ0v) is 50.8. The van der Waals surface area contributed by atoms with Crippen LogP contribution in [-0.2, 0) is 76.2 Å². The number of hydrogen-bond donors (Lipinski definition) is 16. The summed E-state index contributed by atoms with van der Waals surface area (Å²) in [6, 6.07) is 0. The summed E-state index contributed by atoms with van der Waals surface area (Å²) < 4.78 is 112. The molecule has 33 heteroatoms. The zero-order chi connectivity index (χ0) is 64.8. The van der Waals surface area contributed by atoms with Gasteiger partial charge in [0.05, 0.1) is 50.3 Å². The molecule has 6 heterocycles. The largest absolute Gasteiger partial charge is 0.397 e. The van der Waals surface area contributed by atoms with Gasteiger partial charge >= 0.3 is 10.4 Å². The molecule has 16 N–H and O–H groups in total. The molecule has 9 fully saturated rings. The van der Waals surface area contributed by atoms with Crippen LogP contribution >= 0.6 is 0 Å². The van der Waals surface area contributed by atoms with Crippen LogP contribution in [0.3, 0.4) is 0 Å². The molecule has 6 aliphatic heterocycles. The third-order valence-corrected chi connectivity index (χ3v) is 21.5. The number of ketones is 1. The fraction of sp³-hybridized carbons (Fsp3) is 0.946. The Morgan fingerprint density at radius 3 is 1.58 bits per heavy atom. The van der Waals surface area contributed by atoms with E-state index in [1.807, 2.05) is 0 Å². The van der Waals surface area contributed by atoms with Crippen molar-refractivity contribution < 1.29 is 155 Å². The Bertz CT molecular complexity index is 2550. The predicted octanol–water partition coefficient (Wildman–Crippen LogP) is -6.02. The SMILES string of the molecule is CC(=O)[C@H]1CC[C@H]2[C@@H]3C[C@H](O[C@@H]4O[C@H](C)[C@@H](O)[C@H](O[C@@H]5OC[C@@H](O[C@@H]6O[C@H](CO)[C@H](O)[C@H](O)[C@@H]6O[C@@H]6O[C@H](C)[C@@H](O)[C@H](O[C@@H]7O[C@H](CO)[C@H](O)[C@H](O)[C@H]7O)[C@H]6O)[C@H](O)[C@H]5O[C@@H]5O[C@H](C)[C@@H](O)[C@H](O)[C@H]5O)[C@H]4O)[C@H]4C[C@@H](OS(=O)(=O)O)CC[C@]4(C)C3=CC[C@@]12C. The van der Waals surface area contributed by atoms with Gasteiger partial charge in [0.15, 0.2) is 37.7 Å².